The molecule has 1 saturated carbocycles. The van der Waals surface area contributed by atoms with Gasteiger partial charge in [0.05, 0.1) is 12.4 Å². The Kier molecular flexibility index (Phi) is 0.979. The molecule has 2 nitrogen and oxygen atoms in total. The van der Waals surface area contributed by atoms with Crippen LogP contribution in [0.2, 0.25) is 0 Å². The zero-order chi connectivity index (χ0) is 6.10. The molecule has 0 saturated heterocycles. The van der Waals surface area contributed by atoms with Crippen LogP contribution in [-0.4, -0.2) is 4.98 Å². The zero-order valence-electron chi connectivity index (χ0n) is 5.20. The Hall–Kier alpha value is -0.920. The fourth-order valence-electron chi connectivity index (χ4n) is 0.946. The highest BCUT2D eigenvalue weighted by atomic mass is 15.0. The van der Waals surface area contributed by atoms with E-state index in [1.165, 1.54) is 12.8 Å². The summed E-state index contributed by atoms with van der Waals surface area (Å²) >= 11 is 0. The van der Waals surface area contributed by atoms with Gasteiger partial charge < -0.3 is 0 Å². The van der Waals surface area contributed by atoms with Crippen LogP contribution < -0.4 is 4.57 Å². The zero-order valence-corrected chi connectivity index (χ0v) is 5.20. The van der Waals surface area contributed by atoms with Crippen LogP contribution in [-0.2, 0) is 0 Å². The molecular formula is C7H9N2+. The SMILES string of the molecule is c1c[n+](C2CC2)ccn1. The summed E-state index contributed by atoms with van der Waals surface area (Å²) in [5.41, 5.74) is 0. The summed E-state index contributed by atoms with van der Waals surface area (Å²) in [4.78, 5) is 3.93. The first-order chi connectivity index (χ1) is 4.47. The quantitative estimate of drug-likeness (QED) is 0.500. The van der Waals surface area contributed by atoms with E-state index in [0.717, 1.165) is 6.04 Å². The van der Waals surface area contributed by atoms with Crippen molar-refractivity contribution >= 4 is 0 Å². The summed E-state index contributed by atoms with van der Waals surface area (Å²) in [5, 5.41) is 0. The second-order valence-electron chi connectivity index (χ2n) is 2.42. The lowest BCUT2D eigenvalue weighted by atomic mass is 10.6. The molecule has 2 rings (SSSR count). The molecule has 1 aromatic heterocycles. The van der Waals surface area contributed by atoms with E-state index in [1.807, 2.05) is 24.8 Å². The molecule has 0 radical (unpaired) electrons. The first kappa shape index (κ1) is 4.91. The van der Waals surface area contributed by atoms with Gasteiger partial charge in [-0.1, -0.05) is 0 Å². The summed E-state index contributed by atoms with van der Waals surface area (Å²) in [5.74, 6) is 0. The minimum absolute atomic E-state index is 0.785. The van der Waals surface area contributed by atoms with Crippen molar-refractivity contribution in [3.63, 3.8) is 0 Å². The molecule has 0 bridgehead atoms. The lowest BCUT2D eigenvalue weighted by molar-refractivity contribution is -0.701. The van der Waals surface area contributed by atoms with Gasteiger partial charge in [0.1, 0.15) is 0 Å². The van der Waals surface area contributed by atoms with Gasteiger partial charge in [-0.2, -0.15) is 4.57 Å². The van der Waals surface area contributed by atoms with Crippen LogP contribution in [0.15, 0.2) is 24.8 Å². The van der Waals surface area contributed by atoms with Crippen LogP contribution >= 0.6 is 0 Å². The molecule has 0 spiro atoms. The van der Waals surface area contributed by atoms with E-state index in [-0.39, 0.29) is 0 Å². The molecule has 1 heterocycles. The van der Waals surface area contributed by atoms with E-state index < -0.39 is 0 Å². The van der Waals surface area contributed by atoms with Crippen molar-refractivity contribution in [1.29, 1.82) is 0 Å². The highest BCUT2D eigenvalue weighted by Gasteiger charge is 2.30. The van der Waals surface area contributed by atoms with E-state index in [0.29, 0.717) is 0 Å². The largest absolute Gasteiger partial charge is 0.252 e. The standard InChI is InChI=1S/C7H9N2/c1-2-7(1)9-5-3-8-4-6-9/h3-7H,1-2H2/q+1. The second-order valence-corrected chi connectivity index (χ2v) is 2.42. The molecule has 2 heteroatoms. The van der Waals surface area contributed by atoms with Crippen molar-refractivity contribution in [1.82, 2.24) is 4.98 Å². The maximum atomic E-state index is 3.93. The van der Waals surface area contributed by atoms with Crippen LogP contribution in [0.4, 0.5) is 0 Å². The second kappa shape index (κ2) is 1.79. The van der Waals surface area contributed by atoms with Crippen LogP contribution in [0.25, 0.3) is 0 Å². The van der Waals surface area contributed by atoms with Crippen LogP contribution in [0.5, 0.6) is 0 Å². The average Bonchev–Trinajstić information content (AvgIpc) is 2.71. The molecule has 9 heavy (non-hydrogen) atoms. The molecule has 0 atom stereocenters. The third-order valence-electron chi connectivity index (χ3n) is 1.62. The van der Waals surface area contributed by atoms with Crippen LogP contribution in [0.1, 0.15) is 18.9 Å². The van der Waals surface area contributed by atoms with Crippen LogP contribution in [0, 0.1) is 0 Å². The lowest BCUT2D eigenvalue weighted by Crippen LogP contribution is -2.30. The molecular weight excluding hydrogens is 112 g/mol. The molecule has 46 valence electrons. The minimum atomic E-state index is 0.785. The third-order valence-corrected chi connectivity index (χ3v) is 1.62. The minimum Gasteiger partial charge on any atom is -0.252 e. The molecule has 0 unspecified atom stereocenters. The summed E-state index contributed by atoms with van der Waals surface area (Å²) in [7, 11) is 0. The Balaban J connectivity index is 2.29. The lowest BCUT2D eigenvalue weighted by Gasteiger charge is -1.86. The normalized spacial score (nSPS) is 17.8. The highest BCUT2D eigenvalue weighted by Crippen LogP contribution is 2.28. The van der Waals surface area contributed by atoms with E-state index in [9.17, 15) is 0 Å². The number of aromatic nitrogens is 2. The maximum absolute atomic E-state index is 3.93. The molecule has 0 amide bonds. The van der Waals surface area contributed by atoms with Gasteiger partial charge in [0, 0.05) is 12.8 Å². The molecule has 1 fully saturated rings. The van der Waals surface area contributed by atoms with E-state index in [1.54, 1.807) is 0 Å². The van der Waals surface area contributed by atoms with Crippen molar-refractivity contribution in [3.05, 3.63) is 24.8 Å². The van der Waals surface area contributed by atoms with Gasteiger partial charge in [-0.05, 0) is 0 Å². The fraction of sp³-hybridized carbons (Fsp3) is 0.429. The first-order valence-corrected chi connectivity index (χ1v) is 3.27. The van der Waals surface area contributed by atoms with Gasteiger partial charge in [0.25, 0.3) is 0 Å². The highest BCUT2D eigenvalue weighted by molar-refractivity contribution is 4.71. The Bertz CT molecular complexity index is 191. The van der Waals surface area contributed by atoms with Gasteiger partial charge in [0.15, 0.2) is 18.4 Å². The topological polar surface area (TPSA) is 16.8 Å². The number of nitrogens with zero attached hydrogens (tertiary/aromatic N) is 2. The van der Waals surface area contributed by atoms with Gasteiger partial charge in [-0.15, -0.1) is 0 Å². The molecule has 0 aromatic carbocycles. The van der Waals surface area contributed by atoms with E-state index in [2.05, 4.69) is 9.55 Å². The number of rotatable bonds is 1. The van der Waals surface area contributed by atoms with Gasteiger partial charge in [-0.25, -0.2) is 0 Å². The molecule has 1 aliphatic carbocycles. The van der Waals surface area contributed by atoms with Crippen molar-refractivity contribution in [2.24, 2.45) is 0 Å². The van der Waals surface area contributed by atoms with Crippen molar-refractivity contribution in [3.8, 4) is 0 Å². The fourth-order valence-corrected chi connectivity index (χ4v) is 0.946. The number of hydrogen-bond donors (Lipinski definition) is 0. The van der Waals surface area contributed by atoms with E-state index in [4.69, 9.17) is 0 Å². The van der Waals surface area contributed by atoms with Gasteiger partial charge in [0.2, 0.25) is 0 Å². The molecule has 0 aliphatic heterocycles. The summed E-state index contributed by atoms with van der Waals surface area (Å²) in [6.45, 7) is 0. The molecule has 0 N–H and O–H groups in total. The predicted octanol–water partition coefficient (Wildman–Crippen LogP) is 0.704. The Morgan fingerprint density at radius 1 is 1.22 bits per heavy atom. The Morgan fingerprint density at radius 3 is 2.44 bits per heavy atom. The summed E-state index contributed by atoms with van der Waals surface area (Å²) < 4.78 is 2.22. The third kappa shape index (κ3) is 0.922. The van der Waals surface area contributed by atoms with Crippen molar-refractivity contribution in [2.75, 3.05) is 0 Å². The van der Waals surface area contributed by atoms with Gasteiger partial charge in [-0.3, -0.25) is 4.98 Å². The molecule has 1 aromatic rings. The van der Waals surface area contributed by atoms with Crippen molar-refractivity contribution in [2.45, 2.75) is 18.9 Å². The summed E-state index contributed by atoms with van der Waals surface area (Å²) in [6, 6.07) is 0.785. The average molecular weight is 121 g/mol. The summed E-state index contributed by atoms with van der Waals surface area (Å²) in [6.07, 6.45) is 10.4. The van der Waals surface area contributed by atoms with Crippen molar-refractivity contribution < 1.29 is 4.57 Å². The maximum Gasteiger partial charge on any atom is 0.187 e. The smallest absolute Gasteiger partial charge is 0.187 e. The first-order valence-electron chi connectivity index (χ1n) is 3.27. The van der Waals surface area contributed by atoms with E-state index >= 15 is 0 Å². The monoisotopic (exact) mass is 121 g/mol. The Labute approximate surface area is 54.2 Å². The molecule has 1 aliphatic rings. The number of hydrogen-bond acceptors (Lipinski definition) is 1. The van der Waals surface area contributed by atoms with Gasteiger partial charge >= 0.3 is 0 Å². The van der Waals surface area contributed by atoms with Crippen LogP contribution in [0.3, 0.4) is 0 Å². The predicted molar refractivity (Wildman–Crippen MR) is 32.7 cm³/mol. The Morgan fingerprint density at radius 2 is 1.89 bits per heavy atom.